The number of benzene rings is 1. The van der Waals surface area contributed by atoms with E-state index in [0.29, 0.717) is 22.7 Å². The van der Waals surface area contributed by atoms with Crippen molar-refractivity contribution in [1.29, 1.82) is 0 Å². The van der Waals surface area contributed by atoms with Gasteiger partial charge in [0.15, 0.2) is 0 Å². The molecule has 1 fully saturated rings. The monoisotopic (exact) mass is 444 g/mol. The van der Waals surface area contributed by atoms with Crippen LogP contribution in [0.4, 0.5) is 5.69 Å². The van der Waals surface area contributed by atoms with Gasteiger partial charge >= 0.3 is 0 Å². The van der Waals surface area contributed by atoms with Crippen LogP contribution in [0, 0.1) is 6.92 Å². The number of anilines is 1. The van der Waals surface area contributed by atoms with Crippen molar-refractivity contribution >= 4 is 21.6 Å². The molecule has 0 aliphatic carbocycles. The summed E-state index contributed by atoms with van der Waals surface area (Å²) in [6.07, 6.45) is 1.73. The van der Waals surface area contributed by atoms with Crippen LogP contribution in [0.25, 0.3) is 11.4 Å². The van der Waals surface area contributed by atoms with E-state index in [-0.39, 0.29) is 5.56 Å². The molecule has 0 radical (unpaired) electrons. The van der Waals surface area contributed by atoms with E-state index < -0.39 is 0 Å². The van der Waals surface area contributed by atoms with Gasteiger partial charge < -0.3 is 9.42 Å². The minimum atomic E-state index is -0.130. The van der Waals surface area contributed by atoms with E-state index in [1.165, 1.54) is 10.2 Å². The van der Waals surface area contributed by atoms with Crippen molar-refractivity contribution in [3.63, 3.8) is 0 Å². The highest BCUT2D eigenvalue weighted by atomic mass is 79.9. The van der Waals surface area contributed by atoms with Crippen molar-refractivity contribution in [2.75, 3.05) is 31.1 Å². The van der Waals surface area contributed by atoms with Crippen LogP contribution in [0.15, 0.2) is 44.3 Å². The van der Waals surface area contributed by atoms with Gasteiger partial charge in [0.2, 0.25) is 11.7 Å². The molecule has 0 amide bonds. The SMILES string of the molecule is Cc1ccc(-c2noc(CN3CCN(c4cnn(C)c(=O)c4Br)CC3)n2)cc1. The second-order valence-electron chi connectivity index (χ2n) is 6.91. The zero-order chi connectivity index (χ0) is 19.7. The summed E-state index contributed by atoms with van der Waals surface area (Å²) in [5, 5.41) is 8.22. The highest BCUT2D eigenvalue weighted by Crippen LogP contribution is 2.23. The summed E-state index contributed by atoms with van der Waals surface area (Å²) < 4.78 is 7.31. The van der Waals surface area contributed by atoms with Gasteiger partial charge in [0, 0.05) is 38.8 Å². The van der Waals surface area contributed by atoms with E-state index in [4.69, 9.17) is 4.52 Å². The molecule has 0 unspecified atom stereocenters. The predicted octanol–water partition coefficient (Wildman–Crippen LogP) is 2.22. The van der Waals surface area contributed by atoms with Crippen LogP contribution in [0.3, 0.4) is 0 Å². The number of aromatic nitrogens is 4. The van der Waals surface area contributed by atoms with Crippen LogP contribution in [0.1, 0.15) is 11.5 Å². The van der Waals surface area contributed by atoms with Crippen LogP contribution < -0.4 is 10.5 Å². The van der Waals surface area contributed by atoms with E-state index in [1.54, 1.807) is 13.2 Å². The van der Waals surface area contributed by atoms with Crippen LogP contribution in [-0.4, -0.2) is 51.0 Å². The molecule has 9 heteroatoms. The zero-order valence-electron chi connectivity index (χ0n) is 15.8. The van der Waals surface area contributed by atoms with Crippen molar-refractivity contribution in [3.8, 4) is 11.4 Å². The summed E-state index contributed by atoms with van der Waals surface area (Å²) in [6.45, 7) is 5.93. The Morgan fingerprint density at radius 2 is 1.86 bits per heavy atom. The maximum atomic E-state index is 12.1. The van der Waals surface area contributed by atoms with Gasteiger partial charge in [0.25, 0.3) is 5.56 Å². The summed E-state index contributed by atoms with van der Waals surface area (Å²) in [6, 6.07) is 8.07. The fourth-order valence-electron chi connectivity index (χ4n) is 3.20. The molecule has 1 aliphatic heterocycles. The first kappa shape index (κ1) is 18.8. The molecular formula is C19H21BrN6O2. The number of hydrogen-bond donors (Lipinski definition) is 0. The Morgan fingerprint density at radius 1 is 1.14 bits per heavy atom. The molecule has 8 nitrogen and oxygen atoms in total. The number of rotatable bonds is 4. The summed E-state index contributed by atoms with van der Waals surface area (Å²) in [7, 11) is 1.64. The predicted molar refractivity (Wildman–Crippen MR) is 109 cm³/mol. The second kappa shape index (κ2) is 7.84. The number of nitrogens with zero attached hydrogens (tertiary/aromatic N) is 6. The molecule has 3 aromatic rings. The standard InChI is InChI=1S/C19H21BrN6O2/c1-13-3-5-14(6-4-13)18-22-16(28-23-18)12-25-7-9-26(10-8-25)15-11-21-24(2)19(27)17(15)20/h3-6,11H,7-10,12H2,1-2H3. The average molecular weight is 445 g/mol. The van der Waals surface area contributed by atoms with Crippen molar-refractivity contribution in [3.05, 3.63) is 56.7 Å². The molecule has 28 heavy (non-hydrogen) atoms. The topological polar surface area (TPSA) is 80.3 Å². The van der Waals surface area contributed by atoms with Crippen LogP contribution >= 0.6 is 15.9 Å². The van der Waals surface area contributed by atoms with Gasteiger partial charge in [0.1, 0.15) is 4.47 Å². The molecule has 0 N–H and O–H groups in total. The second-order valence-corrected chi connectivity index (χ2v) is 7.71. The van der Waals surface area contributed by atoms with Crippen molar-refractivity contribution in [2.24, 2.45) is 7.05 Å². The smallest absolute Gasteiger partial charge is 0.282 e. The molecule has 4 rings (SSSR count). The van der Waals surface area contributed by atoms with E-state index in [2.05, 4.69) is 41.0 Å². The fourth-order valence-corrected chi connectivity index (χ4v) is 3.81. The van der Waals surface area contributed by atoms with Crippen molar-refractivity contribution in [1.82, 2.24) is 24.8 Å². The molecule has 1 aromatic carbocycles. The lowest BCUT2D eigenvalue weighted by Gasteiger charge is -2.35. The first-order valence-corrected chi connectivity index (χ1v) is 9.89. The van der Waals surface area contributed by atoms with Gasteiger partial charge in [-0.15, -0.1) is 0 Å². The summed E-state index contributed by atoms with van der Waals surface area (Å²) >= 11 is 3.40. The van der Waals surface area contributed by atoms with E-state index in [1.807, 2.05) is 31.2 Å². The van der Waals surface area contributed by atoms with Crippen molar-refractivity contribution in [2.45, 2.75) is 13.5 Å². The van der Waals surface area contributed by atoms with Gasteiger partial charge in [-0.1, -0.05) is 35.0 Å². The molecule has 146 valence electrons. The Kier molecular flexibility index (Phi) is 5.27. The number of halogens is 1. The average Bonchev–Trinajstić information content (AvgIpc) is 3.16. The summed E-state index contributed by atoms with van der Waals surface area (Å²) in [5.74, 6) is 1.23. The lowest BCUT2D eigenvalue weighted by Crippen LogP contribution is -2.46. The lowest BCUT2D eigenvalue weighted by molar-refractivity contribution is 0.215. The third-order valence-corrected chi connectivity index (χ3v) is 5.65. The van der Waals surface area contributed by atoms with Gasteiger partial charge in [0.05, 0.1) is 18.4 Å². The van der Waals surface area contributed by atoms with Crippen LogP contribution in [0.5, 0.6) is 0 Å². The minimum absolute atomic E-state index is 0.130. The molecule has 3 heterocycles. The minimum Gasteiger partial charge on any atom is -0.367 e. The number of hydrogen-bond acceptors (Lipinski definition) is 7. The number of piperazine rings is 1. The maximum absolute atomic E-state index is 12.1. The summed E-state index contributed by atoms with van der Waals surface area (Å²) in [5.41, 5.74) is 2.86. The van der Waals surface area contributed by atoms with E-state index in [9.17, 15) is 4.79 Å². The first-order chi connectivity index (χ1) is 13.5. The van der Waals surface area contributed by atoms with Crippen LogP contribution in [0.2, 0.25) is 0 Å². The Balaban J connectivity index is 1.38. The van der Waals surface area contributed by atoms with E-state index in [0.717, 1.165) is 37.4 Å². The van der Waals surface area contributed by atoms with Gasteiger partial charge in [-0.25, -0.2) is 4.68 Å². The number of aryl methyl sites for hydroxylation is 2. The maximum Gasteiger partial charge on any atom is 0.282 e. The van der Waals surface area contributed by atoms with E-state index >= 15 is 0 Å². The highest BCUT2D eigenvalue weighted by Gasteiger charge is 2.22. The Morgan fingerprint density at radius 3 is 2.57 bits per heavy atom. The largest absolute Gasteiger partial charge is 0.367 e. The fraction of sp³-hybridized carbons (Fsp3) is 0.368. The Labute approximate surface area is 170 Å². The molecule has 0 atom stereocenters. The van der Waals surface area contributed by atoms with Gasteiger partial charge in [-0.3, -0.25) is 9.69 Å². The van der Waals surface area contributed by atoms with Gasteiger partial charge in [-0.2, -0.15) is 10.1 Å². The Bertz CT molecular complexity index is 1020. The molecule has 1 aliphatic rings. The quantitative estimate of drug-likeness (QED) is 0.609. The highest BCUT2D eigenvalue weighted by molar-refractivity contribution is 9.10. The molecule has 2 aromatic heterocycles. The lowest BCUT2D eigenvalue weighted by atomic mass is 10.1. The molecule has 0 bridgehead atoms. The molecule has 0 spiro atoms. The first-order valence-electron chi connectivity index (χ1n) is 9.10. The third kappa shape index (κ3) is 3.85. The van der Waals surface area contributed by atoms with Crippen molar-refractivity contribution < 1.29 is 4.52 Å². The van der Waals surface area contributed by atoms with Gasteiger partial charge in [-0.05, 0) is 22.9 Å². The summed E-state index contributed by atoms with van der Waals surface area (Å²) in [4.78, 5) is 21.0. The Hall–Kier alpha value is -2.52. The zero-order valence-corrected chi connectivity index (χ0v) is 17.4. The third-order valence-electron chi connectivity index (χ3n) is 4.91. The molecule has 1 saturated heterocycles. The normalized spacial score (nSPS) is 15.2. The van der Waals surface area contributed by atoms with Crippen LogP contribution in [-0.2, 0) is 13.6 Å². The molecule has 0 saturated carbocycles. The molecular weight excluding hydrogens is 424 g/mol.